The molecule has 1 rings (SSSR count). The Morgan fingerprint density at radius 1 is 1.15 bits per heavy atom. The van der Waals surface area contributed by atoms with E-state index in [1.807, 2.05) is 12.2 Å². The van der Waals surface area contributed by atoms with Crippen molar-refractivity contribution in [2.24, 2.45) is 16.7 Å². The molecular formula is C19H31N. The van der Waals surface area contributed by atoms with Gasteiger partial charge in [-0.3, -0.25) is 0 Å². The van der Waals surface area contributed by atoms with E-state index in [1.54, 1.807) is 0 Å². The van der Waals surface area contributed by atoms with Crippen molar-refractivity contribution >= 4 is 5.71 Å². The second-order valence-electron chi connectivity index (χ2n) is 7.23. The normalized spacial score (nSPS) is 16.9. The zero-order chi connectivity index (χ0) is 15.6. The van der Waals surface area contributed by atoms with Gasteiger partial charge >= 0.3 is 0 Å². The molecular weight excluding hydrogens is 242 g/mol. The standard InChI is InChI=1S/C19H31N/c1-8-15(9-2)13-18(4,5)19(6,7)16-11-10-12-17(20)14(16)3/h10-12,15,20H,3,8-9,13H2,1-2,4-7H3. The third-order valence-electron chi connectivity index (χ3n) is 5.49. The highest BCUT2D eigenvalue weighted by Gasteiger charge is 2.41. The molecule has 1 N–H and O–H groups in total. The molecule has 0 bridgehead atoms. The summed E-state index contributed by atoms with van der Waals surface area (Å²) in [6.07, 6.45) is 9.66. The van der Waals surface area contributed by atoms with Crippen LogP contribution < -0.4 is 0 Å². The van der Waals surface area contributed by atoms with Crippen molar-refractivity contribution in [1.29, 1.82) is 5.41 Å². The molecule has 1 aliphatic rings. The summed E-state index contributed by atoms with van der Waals surface area (Å²) in [7, 11) is 0. The minimum Gasteiger partial charge on any atom is -0.300 e. The van der Waals surface area contributed by atoms with E-state index in [4.69, 9.17) is 5.41 Å². The fraction of sp³-hybridized carbons (Fsp3) is 0.632. The summed E-state index contributed by atoms with van der Waals surface area (Å²) in [5.74, 6) is 0.775. The van der Waals surface area contributed by atoms with Crippen LogP contribution in [0.5, 0.6) is 0 Å². The van der Waals surface area contributed by atoms with E-state index in [-0.39, 0.29) is 10.8 Å². The average Bonchev–Trinajstić information content (AvgIpc) is 2.38. The van der Waals surface area contributed by atoms with Crippen molar-refractivity contribution in [2.75, 3.05) is 0 Å². The van der Waals surface area contributed by atoms with E-state index in [2.05, 4.69) is 54.2 Å². The maximum Gasteiger partial charge on any atom is 0.0609 e. The lowest BCUT2D eigenvalue weighted by Crippen LogP contribution is -2.37. The Morgan fingerprint density at radius 2 is 1.70 bits per heavy atom. The quantitative estimate of drug-likeness (QED) is 0.619. The fourth-order valence-corrected chi connectivity index (χ4v) is 3.09. The molecule has 0 amide bonds. The molecule has 0 radical (unpaired) electrons. The van der Waals surface area contributed by atoms with Gasteiger partial charge in [0, 0.05) is 0 Å². The molecule has 1 heteroatoms. The second kappa shape index (κ2) is 6.11. The fourth-order valence-electron chi connectivity index (χ4n) is 3.09. The van der Waals surface area contributed by atoms with E-state index in [0.717, 1.165) is 11.5 Å². The van der Waals surface area contributed by atoms with Gasteiger partial charge in [0.1, 0.15) is 0 Å². The van der Waals surface area contributed by atoms with E-state index < -0.39 is 0 Å². The average molecular weight is 273 g/mol. The molecule has 0 heterocycles. The van der Waals surface area contributed by atoms with Gasteiger partial charge in [-0.1, -0.05) is 73.1 Å². The zero-order valence-corrected chi connectivity index (χ0v) is 14.1. The number of rotatable bonds is 6. The molecule has 0 unspecified atom stereocenters. The Kier molecular flexibility index (Phi) is 5.18. The lowest BCUT2D eigenvalue weighted by Gasteiger charge is -2.46. The summed E-state index contributed by atoms with van der Waals surface area (Å²) in [5.41, 5.74) is 2.86. The van der Waals surface area contributed by atoms with Crippen LogP contribution in [0.25, 0.3) is 0 Å². The summed E-state index contributed by atoms with van der Waals surface area (Å²) in [6.45, 7) is 18.0. The van der Waals surface area contributed by atoms with E-state index in [9.17, 15) is 0 Å². The first kappa shape index (κ1) is 16.9. The minimum atomic E-state index is 0.0176. The van der Waals surface area contributed by atoms with E-state index in [0.29, 0.717) is 5.71 Å². The number of allylic oxidation sites excluding steroid dienone is 5. The van der Waals surface area contributed by atoms with Crippen LogP contribution >= 0.6 is 0 Å². The smallest absolute Gasteiger partial charge is 0.0609 e. The Balaban J connectivity index is 3.08. The second-order valence-corrected chi connectivity index (χ2v) is 7.23. The first-order valence-electron chi connectivity index (χ1n) is 7.84. The van der Waals surface area contributed by atoms with Gasteiger partial charge in [-0.25, -0.2) is 0 Å². The molecule has 1 nitrogen and oxygen atoms in total. The van der Waals surface area contributed by atoms with Crippen molar-refractivity contribution in [3.8, 4) is 0 Å². The monoisotopic (exact) mass is 273 g/mol. The number of nitrogens with one attached hydrogen (secondary N) is 1. The molecule has 0 fully saturated rings. The van der Waals surface area contributed by atoms with Crippen LogP contribution in [0, 0.1) is 22.2 Å². The summed E-state index contributed by atoms with van der Waals surface area (Å²) in [6, 6.07) is 0. The summed E-state index contributed by atoms with van der Waals surface area (Å²) in [5, 5.41) is 8.00. The minimum absolute atomic E-state index is 0.0176. The van der Waals surface area contributed by atoms with Crippen LogP contribution in [-0.2, 0) is 0 Å². The highest BCUT2D eigenvalue weighted by atomic mass is 14.5. The van der Waals surface area contributed by atoms with E-state index in [1.165, 1.54) is 24.8 Å². The molecule has 20 heavy (non-hydrogen) atoms. The highest BCUT2D eigenvalue weighted by Crippen LogP contribution is 2.51. The Bertz CT molecular complexity index is 442. The van der Waals surface area contributed by atoms with Gasteiger partial charge in [0.15, 0.2) is 0 Å². The van der Waals surface area contributed by atoms with Crippen molar-refractivity contribution in [3.63, 3.8) is 0 Å². The van der Waals surface area contributed by atoms with Crippen molar-refractivity contribution in [2.45, 2.75) is 60.8 Å². The lowest BCUT2D eigenvalue weighted by molar-refractivity contribution is 0.111. The van der Waals surface area contributed by atoms with Gasteiger partial charge in [0.2, 0.25) is 0 Å². The van der Waals surface area contributed by atoms with Gasteiger partial charge in [-0.2, -0.15) is 0 Å². The number of hydrogen-bond acceptors (Lipinski definition) is 1. The molecule has 0 aromatic carbocycles. The summed E-state index contributed by atoms with van der Waals surface area (Å²) in [4.78, 5) is 0. The van der Waals surface area contributed by atoms with Gasteiger partial charge in [-0.05, 0) is 40.4 Å². The predicted molar refractivity (Wildman–Crippen MR) is 90.3 cm³/mol. The molecule has 0 saturated heterocycles. The molecule has 1 aliphatic carbocycles. The van der Waals surface area contributed by atoms with Gasteiger partial charge in [-0.15, -0.1) is 0 Å². The molecule has 0 saturated carbocycles. The molecule has 112 valence electrons. The van der Waals surface area contributed by atoms with Crippen molar-refractivity contribution < 1.29 is 0 Å². The van der Waals surface area contributed by atoms with Crippen LogP contribution in [0.2, 0.25) is 0 Å². The predicted octanol–water partition coefficient (Wildman–Crippen LogP) is 5.94. The Morgan fingerprint density at radius 3 is 2.20 bits per heavy atom. The van der Waals surface area contributed by atoms with Crippen LogP contribution in [0.4, 0.5) is 0 Å². The first-order chi connectivity index (χ1) is 9.17. The molecule has 0 aliphatic heterocycles. The third-order valence-corrected chi connectivity index (χ3v) is 5.49. The maximum absolute atomic E-state index is 8.00. The first-order valence-corrected chi connectivity index (χ1v) is 7.84. The van der Waals surface area contributed by atoms with E-state index >= 15 is 0 Å². The van der Waals surface area contributed by atoms with Crippen LogP contribution in [0.3, 0.4) is 0 Å². The maximum atomic E-state index is 8.00. The Hall–Kier alpha value is -1.11. The third kappa shape index (κ3) is 3.13. The van der Waals surface area contributed by atoms with Crippen LogP contribution in [-0.4, -0.2) is 5.71 Å². The summed E-state index contributed by atoms with van der Waals surface area (Å²) < 4.78 is 0. The van der Waals surface area contributed by atoms with Crippen molar-refractivity contribution in [3.05, 3.63) is 36.0 Å². The lowest BCUT2D eigenvalue weighted by atomic mass is 9.58. The van der Waals surface area contributed by atoms with Gasteiger partial charge < -0.3 is 5.41 Å². The summed E-state index contributed by atoms with van der Waals surface area (Å²) >= 11 is 0. The van der Waals surface area contributed by atoms with Crippen molar-refractivity contribution in [1.82, 2.24) is 0 Å². The largest absolute Gasteiger partial charge is 0.300 e. The molecule has 0 spiro atoms. The van der Waals surface area contributed by atoms with Gasteiger partial charge in [0.25, 0.3) is 0 Å². The topological polar surface area (TPSA) is 23.9 Å². The SMILES string of the molecule is C=C1C(=N)C=CC=C1C(C)(C)C(C)(C)CC(CC)CC. The molecule has 0 atom stereocenters. The Labute approximate surface area is 125 Å². The van der Waals surface area contributed by atoms with Crippen LogP contribution in [0.15, 0.2) is 36.0 Å². The zero-order valence-electron chi connectivity index (χ0n) is 14.1. The van der Waals surface area contributed by atoms with Crippen LogP contribution in [0.1, 0.15) is 60.8 Å². The molecule has 0 aromatic rings. The van der Waals surface area contributed by atoms with Gasteiger partial charge in [0.05, 0.1) is 5.71 Å². The molecule has 0 aromatic heterocycles. The highest BCUT2D eigenvalue weighted by molar-refractivity contribution is 6.10. The number of hydrogen-bond donors (Lipinski definition) is 1.